The average Bonchev–Trinajstić information content (AvgIpc) is 3.65. The number of halogens is 2. The molecule has 5 rings (SSSR count). The number of hydrogen-bond acceptors (Lipinski definition) is 6. The molecule has 0 radical (unpaired) electrons. The fraction of sp³-hybridized carbons (Fsp3) is 0.407. The molecule has 2 aliphatic rings. The van der Waals surface area contributed by atoms with Crippen molar-refractivity contribution in [3.05, 3.63) is 93.5 Å². The summed E-state index contributed by atoms with van der Waals surface area (Å²) in [5.74, 6) is 0.0897. The first kappa shape index (κ1) is 25.5. The SMILES string of the molecule is O=c1c(N2CCS(=O)(=O)CC2)nc(CCCN[C@@H]2C[C@H]2c2ccc(F)cc2)cn1Cc1ccc(F)cc1. The maximum Gasteiger partial charge on any atom is 0.293 e. The maximum atomic E-state index is 13.4. The topological polar surface area (TPSA) is 84.3 Å². The maximum absolute atomic E-state index is 13.4. The van der Waals surface area contributed by atoms with E-state index >= 15 is 0 Å². The van der Waals surface area contributed by atoms with E-state index in [2.05, 4.69) is 10.3 Å². The molecular formula is C27H30F2N4O3S. The lowest BCUT2D eigenvalue weighted by Gasteiger charge is -2.28. The second kappa shape index (κ2) is 10.7. The van der Waals surface area contributed by atoms with Crippen molar-refractivity contribution in [1.82, 2.24) is 14.9 Å². The van der Waals surface area contributed by atoms with E-state index in [1.807, 2.05) is 12.1 Å². The van der Waals surface area contributed by atoms with Crippen LogP contribution in [-0.2, 0) is 22.8 Å². The number of nitrogens with zero attached hydrogens (tertiary/aromatic N) is 3. The number of aromatic nitrogens is 2. The molecule has 1 aliphatic carbocycles. The van der Waals surface area contributed by atoms with Gasteiger partial charge in [0.1, 0.15) is 11.6 Å². The van der Waals surface area contributed by atoms with Crippen molar-refractivity contribution < 1.29 is 17.2 Å². The largest absolute Gasteiger partial charge is 0.350 e. The van der Waals surface area contributed by atoms with Crippen molar-refractivity contribution in [1.29, 1.82) is 0 Å². The molecule has 37 heavy (non-hydrogen) atoms. The highest BCUT2D eigenvalue weighted by Crippen LogP contribution is 2.40. The third kappa shape index (κ3) is 6.42. The number of sulfone groups is 1. The van der Waals surface area contributed by atoms with Crippen molar-refractivity contribution in [2.75, 3.05) is 36.0 Å². The fourth-order valence-corrected chi connectivity index (χ4v) is 5.99. The second-order valence-corrected chi connectivity index (χ2v) is 12.1. The van der Waals surface area contributed by atoms with E-state index < -0.39 is 9.84 Å². The predicted octanol–water partition coefficient (Wildman–Crippen LogP) is 2.88. The Kier molecular flexibility index (Phi) is 7.39. The summed E-state index contributed by atoms with van der Waals surface area (Å²) in [4.78, 5) is 19.7. The van der Waals surface area contributed by atoms with Crippen molar-refractivity contribution >= 4 is 15.7 Å². The molecule has 3 aromatic rings. The minimum Gasteiger partial charge on any atom is -0.350 e. The zero-order valence-corrected chi connectivity index (χ0v) is 21.3. The van der Waals surface area contributed by atoms with Gasteiger partial charge in [0.2, 0.25) is 0 Å². The van der Waals surface area contributed by atoms with Gasteiger partial charge in [-0.15, -0.1) is 0 Å². The average molecular weight is 529 g/mol. The Labute approximate surface area is 215 Å². The van der Waals surface area contributed by atoms with Gasteiger partial charge in [-0.25, -0.2) is 22.2 Å². The summed E-state index contributed by atoms with van der Waals surface area (Å²) in [6, 6.07) is 13.0. The van der Waals surface area contributed by atoms with Gasteiger partial charge < -0.3 is 14.8 Å². The Morgan fingerprint density at radius 1 is 0.973 bits per heavy atom. The number of nitrogens with one attached hydrogen (secondary N) is 1. The highest BCUT2D eigenvalue weighted by Gasteiger charge is 2.37. The van der Waals surface area contributed by atoms with Crippen molar-refractivity contribution in [2.24, 2.45) is 0 Å². The lowest BCUT2D eigenvalue weighted by Crippen LogP contribution is -2.44. The van der Waals surface area contributed by atoms with Crippen LogP contribution in [0.3, 0.4) is 0 Å². The highest BCUT2D eigenvalue weighted by atomic mass is 32.2. The first-order chi connectivity index (χ1) is 17.8. The van der Waals surface area contributed by atoms with E-state index in [1.165, 1.54) is 24.3 Å². The first-order valence-corrected chi connectivity index (χ1v) is 14.4. The van der Waals surface area contributed by atoms with Gasteiger partial charge >= 0.3 is 0 Å². The summed E-state index contributed by atoms with van der Waals surface area (Å²) in [6.07, 6.45) is 4.22. The van der Waals surface area contributed by atoms with Gasteiger partial charge in [-0.1, -0.05) is 24.3 Å². The van der Waals surface area contributed by atoms with Crippen molar-refractivity contribution in [3.63, 3.8) is 0 Å². The van der Waals surface area contributed by atoms with Gasteiger partial charge in [0.05, 0.1) is 23.7 Å². The molecule has 2 atom stereocenters. The standard InChI is InChI=1S/C27H30F2N4O3S/c28-21-7-3-19(4-8-21)17-33-18-23(31-26(27(33)34)32-12-14-37(35,36)15-13-32)2-1-11-30-25-16-24(25)20-5-9-22(29)10-6-20/h3-10,18,24-25,30H,1-2,11-17H2/t24-,25+/m0/s1. The van der Waals surface area contributed by atoms with Crippen LogP contribution in [0, 0.1) is 11.6 Å². The van der Waals surface area contributed by atoms with Crippen LogP contribution in [0.2, 0.25) is 0 Å². The molecule has 2 heterocycles. The molecule has 0 bridgehead atoms. The van der Waals surface area contributed by atoms with Crippen LogP contribution in [0.25, 0.3) is 0 Å². The Balaban J connectivity index is 1.26. The molecule has 1 saturated carbocycles. The van der Waals surface area contributed by atoms with E-state index in [9.17, 15) is 22.0 Å². The van der Waals surface area contributed by atoms with Gasteiger partial charge in [0, 0.05) is 31.2 Å². The molecule has 1 aliphatic heterocycles. The van der Waals surface area contributed by atoms with Gasteiger partial charge in [-0.05, 0) is 61.2 Å². The molecule has 2 aromatic carbocycles. The van der Waals surface area contributed by atoms with Gasteiger partial charge in [0.15, 0.2) is 15.7 Å². The lowest BCUT2D eigenvalue weighted by atomic mass is 10.1. The van der Waals surface area contributed by atoms with Crippen LogP contribution in [-0.4, -0.2) is 55.2 Å². The Bertz CT molecular complexity index is 1400. The summed E-state index contributed by atoms with van der Waals surface area (Å²) in [7, 11) is -3.10. The normalized spacial score (nSPS) is 20.6. The summed E-state index contributed by atoms with van der Waals surface area (Å²) in [5.41, 5.74) is 2.39. The summed E-state index contributed by atoms with van der Waals surface area (Å²) < 4.78 is 51.9. The van der Waals surface area contributed by atoms with Crippen LogP contribution in [0.5, 0.6) is 0 Å². The second-order valence-electron chi connectivity index (χ2n) is 9.81. The molecule has 0 amide bonds. The van der Waals surface area contributed by atoms with Crippen LogP contribution in [0.15, 0.2) is 59.5 Å². The summed E-state index contributed by atoms with van der Waals surface area (Å²) in [6.45, 7) is 1.52. The number of aryl methyl sites for hydroxylation is 1. The van der Waals surface area contributed by atoms with E-state index in [4.69, 9.17) is 0 Å². The van der Waals surface area contributed by atoms with Gasteiger partial charge in [-0.3, -0.25) is 4.79 Å². The number of rotatable bonds is 9. The third-order valence-corrected chi connectivity index (χ3v) is 8.63. The van der Waals surface area contributed by atoms with E-state index in [1.54, 1.807) is 27.8 Å². The fourth-order valence-electron chi connectivity index (χ4n) is 4.79. The zero-order chi connectivity index (χ0) is 26.0. The van der Waals surface area contributed by atoms with Crippen molar-refractivity contribution in [2.45, 2.75) is 37.8 Å². The molecule has 2 fully saturated rings. The van der Waals surface area contributed by atoms with E-state index in [0.717, 1.165) is 36.2 Å². The summed E-state index contributed by atoms with van der Waals surface area (Å²) in [5, 5.41) is 3.55. The van der Waals surface area contributed by atoms with Gasteiger partial charge in [0.25, 0.3) is 5.56 Å². The van der Waals surface area contributed by atoms with Crippen LogP contribution in [0.1, 0.15) is 35.6 Å². The molecular weight excluding hydrogens is 498 g/mol. The monoisotopic (exact) mass is 528 g/mol. The molecule has 1 N–H and O–H groups in total. The summed E-state index contributed by atoms with van der Waals surface area (Å²) >= 11 is 0. The highest BCUT2D eigenvalue weighted by molar-refractivity contribution is 7.91. The van der Waals surface area contributed by atoms with Gasteiger partial charge in [-0.2, -0.15) is 0 Å². The quantitative estimate of drug-likeness (QED) is 0.430. The van der Waals surface area contributed by atoms with Crippen molar-refractivity contribution in [3.8, 4) is 0 Å². The first-order valence-electron chi connectivity index (χ1n) is 12.6. The molecule has 1 saturated heterocycles. The number of anilines is 1. The van der Waals surface area contributed by atoms with Crippen LogP contribution < -0.4 is 15.8 Å². The molecule has 196 valence electrons. The Morgan fingerprint density at radius 2 is 1.62 bits per heavy atom. The molecule has 7 nitrogen and oxygen atoms in total. The molecule has 0 spiro atoms. The zero-order valence-electron chi connectivity index (χ0n) is 20.4. The minimum absolute atomic E-state index is 0.00313. The van der Waals surface area contributed by atoms with E-state index in [0.29, 0.717) is 18.4 Å². The number of benzene rings is 2. The minimum atomic E-state index is -3.10. The third-order valence-electron chi connectivity index (χ3n) is 7.02. The lowest BCUT2D eigenvalue weighted by molar-refractivity contribution is 0.584. The van der Waals surface area contributed by atoms with Crippen LogP contribution >= 0.6 is 0 Å². The Hall–Kier alpha value is -3.11. The Morgan fingerprint density at radius 3 is 2.30 bits per heavy atom. The molecule has 0 unspecified atom stereocenters. The molecule has 1 aromatic heterocycles. The molecule has 10 heteroatoms. The number of hydrogen-bond donors (Lipinski definition) is 1. The van der Waals surface area contributed by atoms with E-state index in [-0.39, 0.29) is 54.2 Å². The smallest absolute Gasteiger partial charge is 0.293 e. The van der Waals surface area contributed by atoms with Crippen LogP contribution in [0.4, 0.5) is 14.6 Å². The predicted molar refractivity (Wildman–Crippen MR) is 139 cm³/mol.